The summed E-state index contributed by atoms with van der Waals surface area (Å²) in [5.41, 5.74) is 4.25. The van der Waals surface area contributed by atoms with Crippen LogP contribution in [0, 0.1) is 12.8 Å². The molecule has 20 heavy (non-hydrogen) atoms. The lowest BCUT2D eigenvalue weighted by Crippen LogP contribution is -2.18. The van der Waals surface area contributed by atoms with Gasteiger partial charge in [-0.3, -0.25) is 9.89 Å². The predicted octanol–water partition coefficient (Wildman–Crippen LogP) is 3.63. The van der Waals surface area contributed by atoms with Gasteiger partial charge >= 0.3 is 0 Å². The molecule has 2 aromatic rings. The highest BCUT2D eigenvalue weighted by Crippen LogP contribution is 2.13. The lowest BCUT2D eigenvalue weighted by Gasteiger charge is -2.03. The van der Waals surface area contributed by atoms with Crippen molar-refractivity contribution in [2.75, 3.05) is 0 Å². The van der Waals surface area contributed by atoms with Gasteiger partial charge in [0.25, 0.3) is 5.56 Å². The minimum absolute atomic E-state index is 0.103. The van der Waals surface area contributed by atoms with E-state index < -0.39 is 0 Å². The summed E-state index contributed by atoms with van der Waals surface area (Å²) in [5.74, 6) is 0.487. The fraction of sp³-hybridized carbons (Fsp3) is 0.471. The first-order valence-electron chi connectivity index (χ1n) is 7.42. The summed E-state index contributed by atoms with van der Waals surface area (Å²) in [6, 6.07) is 8.04. The summed E-state index contributed by atoms with van der Waals surface area (Å²) in [5, 5.41) is 3.30. The molecule has 1 heterocycles. The first-order chi connectivity index (χ1) is 9.52. The monoisotopic (exact) mass is 272 g/mol. The molecule has 0 aliphatic carbocycles. The highest BCUT2D eigenvalue weighted by molar-refractivity contribution is 5.35. The summed E-state index contributed by atoms with van der Waals surface area (Å²) in [7, 11) is 0. The molecule has 0 unspecified atom stereocenters. The number of aromatic nitrogens is 2. The second-order valence-electron chi connectivity index (χ2n) is 5.89. The van der Waals surface area contributed by atoms with Crippen molar-refractivity contribution in [3.05, 3.63) is 51.4 Å². The zero-order valence-corrected chi connectivity index (χ0v) is 12.9. The van der Waals surface area contributed by atoms with Crippen LogP contribution in [0.5, 0.6) is 0 Å². The van der Waals surface area contributed by atoms with Crippen molar-refractivity contribution in [3.63, 3.8) is 0 Å². The maximum absolute atomic E-state index is 12.6. The van der Waals surface area contributed by atoms with Gasteiger partial charge in [0, 0.05) is 11.3 Å². The number of benzene rings is 1. The van der Waals surface area contributed by atoms with Crippen molar-refractivity contribution >= 4 is 0 Å². The molecule has 0 atom stereocenters. The molecule has 1 N–H and O–H groups in total. The Morgan fingerprint density at radius 2 is 1.85 bits per heavy atom. The molecule has 3 heteroatoms. The third-order valence-corrected chi connectivity index (χ3v) is 3.48. The second-order valence-corrected chi connectivity index (χ2v) is 5.89. The van der Waals surface area contributed by atoms with E-state index in [1.165, 1.54) is 5.56 Å². The molecule has 0 spiro atoms. The largest absolute Gasteiger partial charge is 0.295 e. The highest BCUT2D eigenvalue weighted by Gasteiger charge is 2.15. The SMILES string of the molecule is CCCc1[nH]n(-c2ccc(C)cc2)c(=O)c1CC(C)C. The number of aromatic amines is 1. The van der Waals surface area contributed by atoms with Gasteiger partial charge in [0.05, 0.1) is 5.69 Å². The van der Waals surface area contributed by atoms with E-state index in [0.717, 1.165) is 36.2 Å². The average molecular weight is 272 g/mol. The van der Waals surface area contributed by atoms with Gasteiger partial charge in [-0.05, 0) is 37.8 Å². The maximum atomic E-state index is 12.6. The zero-order chi connectivity index (χ0) is 14.7. The molecule has 0 bridgehead atoms. The van der Waals surface area contributed by atoms with E-state index in [1.54, 1.807) is 4.68 Å². The third kappa shape index (κ3) is 3.03. The molecule has 0 amide bonds. The summed E-state index contributed by atoms with van der Waals surface area (Å²) < 4.78 is 1.68. The van der Waals surface area contributed by atoms with E-state index in [-0.39, 0.29) is 5.56 Å². The molecule has 0 saturated carbocycles. The van der Waals surface area contributed by atoms with Crippen LogP contribution in [0.4, 0.5) is 0 Å². The number of nitrogens with one attached hydrogen (secondary N) is 1. The number of aryl methyl sites for hydroxylation is 2. The summed E-state index contributed by atoms with van der Waals surface area (Å²) in [4.78, 5) is 12.6. The first-order valence-corrected chi connectivity index (χ1v) is 7.42. The van der Waals surface area contributed by atoms with Gasteiger partial charge in [-0.2, -0.15) is 0 Å². The zero-order valence-electron chi connectivity index (χ0n) is 12.9. The van der Waals surface area contributed by atoms with Crippen LogP contribution in [0.15, 0.2) is 29.1 Å². The van der Waals surface area contributed by atoms with E-state index in [9.17, 15) is 4.79 Å². The van der Waals surface area contributed by atoms with E-state index in [4.69, 9.17) is 0 Å². The molecule has 0 saturated heterocycles. The van der Waals surface area contributed by atoms with Gasteiger partial charge in [0.1, 0.15) is 0 Å². The Morgan fingerprint density at radius 3 is 2.40 bits per heavy atom. The number of nitrogens with zero attached hydrogens (tertiary/aromatic N) is 1. The van der Waals surface area contributed by atoms with Crippen molar-refractivity contribution in [2.24, 2.45) is 5.92 Å². The van der Waals surface area contributed by atoms with Crippen molar-refractivity contribution < 1.29 is 0 Å². The van der Waals surface area contributed by atoms with Crippen LogP contribution in [0.3, 0.4) is 0 Å². The molecular formula is C17H24N2O. The fourth-order valence-electron chi connectivity index (χ4n) is 2.47. The van der Waals surface area contributed by atoms with E-state index >= 15 is 0 Å². The van der Waals surface area contributed by atoms with Crippen LogP contribution in [0.25, 0.3) is 5.69 Å². The topological polar surface area (TPSA) is 37.8 Å². The van der Waals surface area contributed by atoms with E-state index in [0.29, 0.717) is 5.92 Å². The Labute approximate surface area is 120 Å². The smallest absolute Gasteiger partial charge is 0.274 e. The minimum atomic E-state index is 0.103. The van der Waals surface area contributed by atoms with Crippen LogP contribution in [-0.2, 0) is 12.8 Å². The standard InChI is InChI=1S/C17H24N2O/c1-5-6-16-15(11-12(2)3)17(20)19(18-16)14-9-7-13(4)8-10-14/h7-10,12,18H,5-6,11H2,1-4H3. The quantitative estimate of drug-likeness (QED) is 0.887. The van der Waals surface area contributed by atoms with E-state index in [2.05, 4.69) is 25.9 Å². The summed E-state index contributed by atoms with van der Waals surface area (Å²) in [6.45, 7) is 8.49. The number of rotatable bonds is 5. The second kappa shape index (κ2) is 6.12. The molecule has 108 valence electrons. The molecule has 0 fully saturated rings. The van der Waals surface area contributed by atoms with Gasteiger partial charge in [0.2, 0.25) is 0 Å². The molecule has 1 aromatic carbocycles. The lowest BCUT2D eigenvalue weighted by atomic mass is 10.0. The molecule has 1 aromatic heterocycles. The van der Waals surface area contributed by atoms with Gasteiger partial charge in [-0.1, -0.05) is 44.9 Å². The predicted molar refractivity (Wildman–Crippen MR) is 83.7 cm³/mol. The minimum Gasteiger partial charge on any atom is -0.295 e. The Bertz CT molecular complexity index is 617. The normalized spacial score (nSPS) is 11.2. The van der Waals surface area contributed by atoms with Crippen molar-refractivity contribution in [2.45, 2.75) is 47.0 Å². The molecule has 3 nitrogen and oxygen atoms in total. The third-order valence-electron chi connectivity index (χ3n) is 3.48. The Morgan fingerprint density at radius 1 is 1.20 bits per heavy atom. The number of H-pyrrole nitrogens is 1. The maximum Gasteiger partial charge on any atom is 0.274 e. The molecule has 0 aliphatic heterocycles. The first kappa shape index (κ1) is 14.6. The van der Waals surface area contributed by atoms with Gasteiger partial charge in [-0.25, -0.2) is 4.68 Å². The average Bonchev–Trinajstić information content (AvgIpc) is 2.69. The highest BCUT2D eigenvalue weighted by atomic mass is 16.1. The van der Waals surface area contributed by atoms with Crippen LogP contribution in [0.2, 0.25) is 0 Å². The number of hydrogen-bond donors (Lipinski definition) is 1. The van der Waals surface area contributed by atoms with Gasteiger partial charge in [0.15, 0.2) is 0 Å². The summed E-state index contributed by atoms with van der Waals surface area (Å²) >= 11 is 0. The van der Waals surface area contributed by atoms with Crippen LogP contribution in [-0.4, -0.2) is 9.78 Å². The van der Waals surface area contributed by atoms with Crippen molar-refractivity contribution in [3.8, 4) is 5.69 Å². The van der Waals surface area contributed by atoms with Crippen molar-refractivity contribution in [1.82, 2.24) is 9.78 Å². The van der Waals surface area contributed by atoms with Gasteiger partial charge in [-0.15, -0.1) is 0 Å². The van der Waals surface area contributed by atoms with Gasteiger partial charge < -0.3 is 0 Å². The molecule has 2 rings (SSSR count). The Kier molecular flexibility index (Phi) is 4.48. The Hall–Kier alpha value is -1.77. The molecule has 0 aliphatic rings. The van der Waals surface area contributed by atoms with Crippen molar-refractivity contribution in [1.29, 1.82) is 0 Å². The lowest BCUT2D eigenvalue weighted by molar-refractivity contribution is 0.639. The number of hydrogen-bond acceptors (Lipinski definition) is 1. The van der Waals surface area contributed by atoms with Crippen LogP contribution < -0.4 is 5.56 Å². The Balaban J connectivity index is 2.49. The van der Waals surface area contributed by atoms with Crippen LogP contribution in [0.1, 0.15) is 44.0 Å². The summed E-state index contributed by atoms with van der Waals surface area (Å²) in [6.07, 6.45) is 2.80. The molecular weight excluding hydrogens is 248 g/mol. The van der Waals surface area contributed by atoms with Crippen LogP contribution >= 0.6 is 0 Å². The molecule has 0 radical (unpaired) electrons. The van der Waals surface area contributed by atoms with E-state index in [1.807, 2.05) is 31.2 Å². The fourth-order valence-corrected chi connectivity index (χ4v) is 2.47.